The standard InChI is InChI=1S/C30H38N2O6/c1-4-7-16-36-23-11-8-10-21(19-23)27-26(28(33)22-12-13-24-25(20-22)38-18-17-37-24)29(34)30(35)32(27)15-9-14-31(5-2)6-3/h8,10-13,19-20,27,33H,4-7,9,14-18H2,1-3H3/b28-26-. The number of likely N-dealkylation sites (tertiary alicyclic amines) is 1. The van der Waals surface area contributed by atoms with E-state index >= 15 is 0 Å². The normalized spacial score (nSPS) is 18.3. The third kappa shape index (κ3) is 5.96. The Bertz CT molecular complexity index is 1170. The maximum absolute atomic E-state index is 13.4. The largest absolute Gasteiger partial charge is 0.507 e. The number of hydrogen-bond acceptors (Lipinski definition) is 7. The lowest BCUT2D eigenvalue weighted by atomic mass is 9.95. The Morgan fingerprint density at radius 3 is 2.53 bits per heavy atom. The molecule has 1 fully saturated rings. The van der Waals surface area contributed by atoms with E-state index < -0.39 is 17.7 Å². The number of carbonyl (C=O) groups excluding carboxylic acids is 2. The van der Waals surface area contributed by atoms with Gasteiger partial charge in [0.2, 0.25) is 0 Å². The second-order valence-electron chi connectivity index (χ2n) is 9.51. The highest BCUT2D eigenvalue weighted by Gasteiger charge is 2.46. The highest BCUT2D eigenvalue weighted by Crippen LogP contribution is 2.41. The number of rotatable bonds is 12. The van der Waals surface area contributed by atoms with Crippen LogP contribution in [0.25, 0.3) is 5.76 Å². The van der Waals surface area contributed by atoms with Crippen LogP contribution in [0.3, 0.4) is 0 Å². The molecule has 0 aliphatic carbocycles. The highest BCUT2D eigenvalue weighted by molar-refractivity contribution is 6.46. The van der Waals surface area contributed by atoms with E-state index in [9.17, 15) is 14.7 Å². The molecule has 8 nitrogen and oxygen atoms in total. The molecule has 1 N–H and O–H groups in total. The maximum Gasteiger partial charge on any atom is 0.295 e. The number of Topliss-reactive ketones (excluding diaryl/α,β-unsaturated/α-hetero) is 1. The van der Waals surface area contributed by atoms with Crippen molar-refractivity contribution in [3.63, 3.8) is 0 Å². The van der Waals surface area contributed by atoms with Crippen LogP contribution < -0.4 is 14.2 Å². The lowest BCUT2D eigenvalue weighted by Crippen LogP contribution is -2.33. The summed E-state index contributed by atoms with van der Waals surface area (Å²) in [4.78, 5) is 30.6. The number of amides is 1. The van der Waals surface area contributed by atoms with Gasteiger partial charge in [-0.05, 0) is 68.4 Å². The summed E-state index contributed by atoms with van der Waals surface area (Å²) in [6.45, 7) is 10.8. The molecule has 4 rings (SSSR count). The average Bonchev–Trinajstić information content (AvgIpc) is 3.20. The Labute approximate surface area is 224 Å². The smallest absolute Gasteiger partial charge is 0.295 e. The van der Waals surface area contributed by atoms with Crippen LogP contribution in [-0.4, -0.2) is 72.6 Å². The molecule has 0 aromatic heterocycles. The Morgan fingerprint density at radius 2 is 1.79 bits per heavy atom. The lowest BCUT2D eigenvalue weighted by molar-refractivity contribution is -0.140. The molecule has 0 saturated carbocycles. The van der Waals surface area contributed by atoms with E-state index in [1.807, 2.05) is 24.3 Å². The van der Waals surface area contributed by atoms with Crippen LogP contribution in [-0.2, 0) is 9.59 Å². The monoisotopic (exact) mass is 522 g/mol. The summed E-state index contributed by atoms with van der Waals surface area (Å²) in [5, 5.41) is 11.4. The van der Waals surface area contributed by atoms with Crippen LogP contribution >= 0.6 is 0 Å². The van der Waals surface area contributed by atoms with E-state index in [0.29, 0.717) is 55.6 Å². The van der Waals surface area contributed by atoms with Gasteiger partial charge in [-0.15, -0.1) is 0 Å². The minimum atomic E-state index is -0.727. The molecule has 0 radical (unpaired) electrons. The highest BCUT2D eigenvalue weighted by atomic mass is 16.6. The van der Waals surface area contributed by atoms with Gasteiger partial charge in [-0.25, -0.2) is 0 Å². The summed E-state index contributed by atoms with van der Waals surface area (Å²) in [6, 6.07) is 11.8. The molecular formula is C30H38N2O6. The van der Waals surface area contributed by atoms with Gasteiger partial charge in [0.25, 0.3) is 11.7 Å². The van der Waals surface area contributed by atoms with Gasteiger partial charge in [0.15, 0.2) is 11.5 Å². The number of ether oxygens (including phenoxy) is 3. The first-order valence-corrected chi connectivity index (χ1v) is 13.6. The van der Waals surface area contributed by atoms with E-state index in [2.05, 4.69) is 25.7 Å². The van der Waals surface area contributed by atoms with Crippen LogP contribution in [0.1, 0.15) is 57.2 Å². The van der Waals surface area contributed by atoms with Crippen molar-refractivity contribution in [2.75, 3.05) is 46.0 Å². The Hall–Kier alpha value is -3.52. The molecule has 8 heteroatoms. The van der Waals surface area contributed by atoms with Crippen molar-refractivity contribution in [2.24, 2.45) is 0 Å². The van der Waals surface area contributed by atoms with E-state index in [4.69, 9.17) is 14.2 Å². The number of benzene rings is 2. The van der Waals surface area contributed by atoms with Gasteiger partial charge in [0, 0.05) is 12.1 Å². The van der Waals surface area contributed by atoms with Crippen molar-refractivity contribution in [1.29, 1.82) is 0 Å². The number of hydrogen-bond donors (Lipinski definition) is 1. The lowest BCUT2D eigenvalue weighted by Gasteiger charge is -2.27. The summed E-state index contributed by atoms with van der Waals surface area (Å²) in [5.74, 6) is 0.223. The number of aliphatic hydroxyl groups excluding tert-OH is 1. The molecule has 1 atom stereocenters. The van der Waals surface area contributed by atoms with E-state index in [1.165, 1.54) is 0 Å². The van der Waals surface area contributed by atoms with Gasteiger partial charge in [-0.2, -0.15) is 0 Å². The summed E-state index contributed by atoms with van der Waals surface area (Å²) >= 11 is 0. The number of fused-ring (bicyclic) bond motifs is 1. The van der Waals surface area contributed by atoms with Crippen LogP contribution in [0.15, 0.2) is 48.0 Å². The first kappa shape index (κ1) is 27.5. The van der Waals surface area contributed by atoms with Gasteiger partial charge >= 0.3 is 0 Å². The third-order valence-electron chi connectivity index (χ3n) is 7.06. The summed E-state index contributed by atoms with van der Waals surface area (Å²) in [7, 11) is 0. The summed E-state index contributed by atoms with van der Waals surface area (Å²) in [5.41, 5.74) is 1.19. The number of nitrogens with zero attached hydrogens (tertiary/aromatic N) is 2. The number of unbranched alkanes of at least 4 members (excludes halogenated alkanes) is 1. The Kier molecular flexibility index (Phi) is 9.29. The Balaban J connectivity index is 1.72. The SMILES string of the molecule is CCCCOc1cccc(C2/C(=C(/O)c3ccc4c(c3)OCCO4)C(=O)C(=O)N2CCCN(CC)CC)c1. The van der Waals surface area contributed by atoms with Crippen molar-refractivity contribution in [3.05, 3.63) is 59.2 Å². The second-order valence-corrected chi connectivity index (χ2v) is 9.51. The van der Waals surface area contributed by atoms with Gasteiger partial charge in [0.05, 0.1) is 18.2 Å². The van der Waals surface area contributed by atoms with Crippen molar-refractivity contribution in [1.82, 2.24) is 9.80 Å². The zero-order valence-electron chi connectivity index (χ0n) is 22.6. The number of carbonyl (C=O) groups is 2. The minimum Gasteiger partial charge on any atom is -0.507 e. The zero-order valence-corrected chi connectivity index (χ0v) is 22.6. The minimum absolute atomic E-state index is 0.0697. The molecule has 2 aromatic carbocycles. The van der Waals surface area contributed by atoms with Gasteiger partial charge in [-0.1, -0.05) is 39.3 Å². The maximum atomic E-state index is 13.4. The van der Waals surface area contributed by atoms with E-state index in [0.717, 1.165) is 38.0 Å². The zero-order chi connectivity index (χ0) is 27.1. The van der Waals surface area contributed by atoms with Gasteiger partial charge in [-0.3, -0.25) is 9.59 Å². The van der Waals surface area contributed by atoms with Gasteiger partial charge < -0.3 is 29.1 Å². The number of aliphatic hydroxyl groups is 1. The fourth-order valence-corrected chi connectivity index (χ4v) is 4.92. The molecule has 1 amide bonds. The topological polar surface area (TPSA) is 88.5 Å². The van der Waals surface area contributed by atoms with Crippen molar-refractivity contribution in [2.45, 2.75) is 46.1 Å². The molecule has 2 aliphatic heterocycles. The van der Waals surface area contributed by atoms with Crippen LogP contribution in [0.2, 0.25) is 0 Å². The first-order chi connectivity index (χ1) is 18.5. The summed E-state index contributed by atoms with van der Waals surface area (Å²) < 4.78 is 17.2. The molecule has 0 spiro atoms. The van der Waals surface area contributed by atoms with Gasteiger partial charge in [0.1, 0.15) is 24.7 Å². The van der Waals surface area contributed by atoms with Crippen LogP contribution in [0.5, 0.6) is 17.2 Å². The molecule has 1 saturated heterocycles. The van der Waals surface area contributed by atoms with Crippen molar-refractivity contribution < 1.29 is 28.9 Å². The molecule has 0 bridgehead atoms. The Morgan fingerprint density at radius 1 is 1.03 bits per heavy atom. The average molecular weight is 523 g/mol. The molecular weight excluding hydrogens is 484 g/mol. The predicted octanol–water partition coefficient (Wildman–Crippen LogP) is 4.79. The third-order valence-corrected chi connectivity index (χ3v) is 7.06. The van der Waals surface area contributed by atoms with Crippen LogP contribution in [0, 0.1) is 0 Å². The van der Waals surface area contributed by atoms with Crippen molar-refractivity contribution >= 4 is 17.4 Å². The second kappa shape index (κ2) is 12.8. The summed E-state index contributed by atoms with van der Waals surface area (Å²) in [6.07, 6.45) is 2.65. The predicted molar refractivity (Wildman–Crippen MR) is 146 cm³/mol. The number of ketones is 1. The molecule has 38 heavy (non-hydrogen) atoms. The van der Waals surface area contributed by atoms with E-state index in [-0.39, 0.29) is 11.3 Å². The van der Waals surface area contributed by atoms with Crippen molar-refractivity contribution in [3.8, 4) is 17.2 Å². The molecule has 2 aromatic rings. The first-order valence-electron chi connectivity index (χ1n) is 13.6. The van der Waals surface area contributed by atoms with E-state index in [1.54, 1.807) is 23.1 Å². The fraction of sp³-hybridized carbons (Fsp3) is 0.467. The molecule has 2 heterocycles. The quantitative estimate of drug-likeness (QED) is 0.186. The molecule has 204 valence electrons. The molecule has 1 unspecified atom stereocenters. The molecule has 2 aliphatic rings. The van der Waals surface area contributed by atoms with Crippen LogP contribution in [0.4, 0.5) is 0 Å². The fourth-order valence-electron chi connectivity index (χ4n) is 4.92.